The summed E-state index contributed by atoms with van der Waals surface area (Å²) in [5.41, 5.74) is 2.55. The second-order valence-electron chi connectivity index (χ2n) is 4.53. The number of carbonyl (C=O) groups excluding carboxylic acids is 1. The van der Waals surface area contributed by atoms with Crippen molar-refractivity contribution in [2.24, 2.45) is 0 Å². The highest BCUT2D eigenvalue weighted by Crippen LogP contribution is 2.34. The van der Waals surface area contributed by atoms with Crippen molar-refractivity contribution >= 4 is 33.2 Å². The first-order valence-corrected chi connectivity index (χ1v) is 6.99. The number of phenols is 1. The monoisotopic (exact) mass is 301 g/mol. The number of carbonyl (C=O) groups is 1. The number of phenolic OH excluding ortho intramolecular Hbond substituents is 1. The maximum absolute atomic E-state index is 11.4. The lowest BCUT2D eigenvalue weighted by atomic mass is 10.0. The summed E-state index contributed by atoms with van der Waals surface area (Å²) < 4.78 is 5.78. The zero-order chi connectivity index (χ0) is 15.0. The highest BCUT2D eigenvalue weighted by atomic mass is 32.1. The summed E-state index contributed by atoms with van der Waals surface area (Å²) in [5, 5.41) is 12.4. The van der Waals surface area contributed by atoms with Crippen molar-refractivity contribution in [3.63, 3.8) is 0 Å². The average Bonchev–Trinajstić information content (AvgIpc) is 2.78. The first kappa shape index (κ1) is 13.4. The summed E-state index contributed by atoms with van der Waals surface area (Å²) in [6, 6.07) is 10.1. The molecular weight excluding hydrogens is 290 g/mol. The third-order valence-electron chi connectivity index (χ3n) is 2.93. The van der Waals surface area contributed by atoms with Gasteiger partial charge in [0.25, 0.3) is 0 Å². The van der Waals surface area contributed by atoms with E-state index in [0.717, 1.165) is 16.9 Å². The van der Waals surface area contributed by atoms with Crippen LogP contribution in [0.3, 0.4) is 0 Å². The van der Waals surface area contributed by atoms with Crippen molar-refractivity contribution in [2.45, 2.75) is 6.92 Å². The van der Waals surface area contributed by atoms with Gasteiger partial charge in [-0.05, 0) is 23.8 Å². The van der Waals surface area contributed by atoms with E-state index in [2.05, 4.69) is 5.32 Å². The van der Waals surface area contributed by atoms with Gasteiger partial charge in [-0.3, -0.25) is 4.79 Å². The summed E-state index contributed by atoms with van der Waals surface area (Å²) in [6.07, 6.45) is 0. The molecule has 0 aliphatic rings. The van der Waals surface area contributed by atoms with Crippen molar-refractivity contribution in [3.8, 4) is 16.9 Å². The summed E-state index contributed by atoms with van der Waals surface area (Å²) >= 11 is 0.947. The summed E-state index contributed by atoms with van der Waals surface area (Å²) in [6.45, 7) is 1.44. The molecule has 0 aliphatic heterocycles. The molecule has 0 radical (unpaired) electrons. The second-order valence-corrected chi connectivity index (χ2v) is 5.51. The van der Waals surface area contributed by atoms with E-state index in [0.29, 0.717) is 21.5 Å². The number of aromatic hydroxyl groups is 1. The van der Waals surface area contributed by atoms with Crippen LogP contribution in [0.25, 0.3) is 21.4 Å². The molecule has 1 amide bonds. The lowest BCUT2D eigenvalue weighted by molar-refractivity contribution is -0.114. The molecule has 0 bridgehead atoms. The molecule has 0 spiro atoms. The van der Waals surface area contributed by atoms with Crippen LogP contribution in [0.4, 0.5) is 5.69 Å². The molecule has 1 aromatic heterocycles. The number of rotatable bonds is 2. The lowest BCUT2D eigenvalue weighted by Crippen LogP contribution is -2.05. The van der Waals surface area contributed by atoms with Crippen LogP contribution in [-0.4, -0.2) is 11.0 Å². The SMILES string of the molecule is CC(=O)Nc1ccc(-c2cc(O)cc3sc(=O)oc23)cc1. The van der Waals surface area contributed by atoms with Gasteiger partial charge in [0.05, 0.1) is 4.70 Å². The van der Waals surface area contributed by atoms with Crippen LogP contribution in [0.15, 0.2) is 45.6 Å². The zero-order valence-electron chi connectivity index (χ0n) is 11.0. The van der Waals surface area contributed by atoms with Crippen LogP contribution in [0.2, 0.25) is 0 Å². The Bertz CT molecular complexity index is 877. The molecule has 6 heteroatoms. The minimum atomic E-state index is -0.410. The molecule has 2 N–H and O–H groups in total. The molecule has 3 aromatic rings. The Morgan fingerprint density at radius 1 is 1.24 bits per heavy atom. The summed E-state index contributed by atoms with van der Waals surface area (Å²) in [4.78, 5) is 22.0. The van der Waals surface area contributed by atoms with Crippen LogP contribution < -0.4 is 10.3 Å². The molecule has 0 aliphatic carbocycles. The van der Waals surface area contributed by atoms with Crippen LogP contribution in [0.5, 0.6) is 5.75 Å². The second kappa shape index (κ2) is 5.06. The van der Waals surface area contributed by atoms with Crippen LogP contribution >= 0.6 is 11.3 Å². The quantitative estimate of drug-likeness (QED) is 0.762. The van der Waals surface area contributed by atoms with E-state index in [-0.39, 0.29) is 11.7 Å². The number of anilines is 1. The molecule has 21 heavy (non-hydrogen) atoms. The molecule has 106 valence electrons. The molecule has 0 atom stereocenters. The minimum Gasteiger partial charge on any atom is -0.508 e. The van der Waals surface area contributed by atoms with Gasteiger partial charge in [-0.2, -0.15) is 0 Å². The molecule has 0 unspecified atom stereocenters. The number of hydrogen-bond donors (Lipinski definition) is 2. The van der Waals surface area contributed by atoms with E-state index in [1.54, 1.807) is 30.3 Å². The van der Waals surface area contributed by atoms with Gasteiger partial charge in [0.15, 0.2) is 5.58 Å². The molecule has 0 saturated carbocycles. The molecule has 0 fully saturated rings. The molecule has 0 saturated heterocycles. The van der Waals surface area contributed by atoms with Crippen molar-refractivity contribution < 1.29 is 14.3 Å². The Hall–Kier alpha value is -2.60. The van der Waals surface area contributed by atoms with E-state index >= 15 is 0 Å². The van der Waals surface area contributed by atoms with E-state index < -0.39 is 4.94 Å². The maximum Gasteiger partial charge on any atom is 0.396 e. The predicted molar refractivity (Wildman–Crippen MR) is 81.8 cm³/mol. The Labute approximate surface area is 123 Å². The van der Waals surface area contributed by atoms with Gasteiger partial charge < -0.3 is 14.8 Å². The average molecular weight is 301 g/mol. The molecule has 1 heterocycles. The fourth-order valence-corrected chi connectivity index (χ4v) is 2.84. The molecule has 5 nitrogen and oxygen atoms in total. The topological polar surface area (TPSA) is 79.5 Å². The number of fused-ring (bicyclic) bond motifs is 1. The molecule has 3 rings (SSSR count). The smallest absolute Gasteiger partial charge is 0.396 e. The van der Waals surface area contributed by atoms with Crippen molar-refractivity contribution in [3.05, 3.63) is 46.1 Å². The lowest BCUT2D eigenvalue weighted by Gasteiger charge is -2.06. The number of amides is 1. The van der Waals surface area contributed by atoms with Crippen molar-refractivity contribution in [1.29, 1.82) is 0 Å². The standard InChI is InChI=1S/C15H11NO4S/c1-8(17)16-10-4-2-9(3-5-10)12-6-11(18)7-13-14(12)20-15(19)21-13/h2-7,18H,1H3,(H,16,17). The zero-order valence-corrected chi connectivity index (χ0v) is 11.9. The highest BCUT2D eigenvalue weighted by Gasteiger charge is 2.12. The third kappa shape index (κ3) is 2.66. The Morgan fingerprint density at radius 2 is 1.95 bits per heavy atom. The van der Waals surface area contributed by atoms with Crippen LogP contribution in [0.1, 0.15) is 6.92 Å². The summed E-state index contributed by atoms with van der Waals surface area (Å²) in [7, 11) is 0. The van der Waals surface area contributed by atoms with Gasteiger partial charge in [-0.1, -0.05) is 23.5 Å². The van der Waals surface area contributed by atoms with Gasteiger partial charge in [0.2, 0.25) is 5.91 Å². The fourth-order valence-electron chi connectivity index (χ4n) is 2.11. The van der Waals surface area contributed by atoms with Gasteiger partial charge in [-0.15, -0.1) is 0 Å². The number of nitrogens with one attached hydrogen (secondary N) is 1. The van der Waals surface area contributed by atoms with Gasteiger partial charge in [0, 0.05) is 24.2 Å². The Kier molecular flexibility index (Phi) is 3.23. The number of hydrogen-bond acceptors (Lipinski definition) is 5. The van der Waals surface area contributed by atoms with Gasteiger partial charge >= 0.3 is 4.94 Å². The minimum absolute atomic E-state index is 0.0699. The van der Waals surface area contributed by atoms with Crippen LogP contribution in [0, 0.1) is 0 Å². The van der Waals surface area contributed by atoms with Gasteiger partial charge in [-0.25, -0.2) is 4.79 Å². The fraction of sp³-hybridized carbons (Fsp3) is 0.0667. The molecule has 2 aromatic carbocycles. The van der Waals surface area contributed by atoms with E-state index in [9.17, 15) is 14.7 Å². The first-order valence-electron chi connectivity index (χ1n) is 6.17. The van der Waals surface area contributed by atoms with Crippen molar-refractivity contribution in [2.75, 3.05) is 5.32 Å². The predicted octanol–water partition coefficient (Wildman–Crippen LogP) is 3.19. The van der Waals surface area contributed by atoms with E-state index in [1.165, 1.54) is 13.0 Å². The van der Waals surface area contributed by atoms with E-state index in [1.807, 2.05) is 0 Å². The normalized spacial score (nSPS) is 10.7. The Balaban J connectivity index is 2.11. The summed E-state index contributed by atoms with van der Waals surface area (Å²) in [5.74, 6) is -0.0770. The Morgan fingerprint density at radius 3 is 2.62 bits per heavy atom. The first-order chi connectivity index (χ1) is 10.0. The number of benzene rings is 2. The van der Waals surface area contributed by atoms with Gasteiger partial charge in [0.1, 0.15) is 5.75 Å². The third-order valence-corrected chi connectivity index (χ3v) is 3.71. The highest BCUT2D eigenvalue weighted by molar-refractivity contribution is 7.16. The van der Waals surface area contributed by atoms with E-state index in [4.69, 9.17) is 4.42 Å². The maximum atomic E-state index is 11.4. The molecular formula is C15H11NO4S. The van der Waals surface area contributed by atoms with Crippen LogP contribution in [-0.2, 0) is 4.79 Å². The van der Waals surface area contributed by atoms with Crippen molar-refractivity contribution in [1.82, 2.24) is 0 Å². The largest absolute Gasteiger partial charge is 0.508 e.